The number of aliphatic hydroxyl groups is 2. The first-order chi connectivity index (χ1) is 15.0. The monoisotopic (exact) mass is 537 g/mol. The molecule has 2 aromatic rings. The molecule has 0 aromatic carbocycles. The molecule has 3 rings (SSSR count). The number of nitrogen functional groups attached to an aromatic ring is 1. The minimum absolute atomic E-state index is 0.0969. The summed E-state index contributed by atoms with van der Waals surface area (Å²) in [5, 5.41) is 20.5. The number of nitrogens with two attached hydrogens (primary N) is 1. The first-order valence-electron chi connectivity index (χ1n) is 8.50. The molecule has 1 aliphatic rings. The second-order valence-electron chi connectivity index (χ2n) is 6.59. The summed E-state index contributed by atoms with van der Waals surface area (Å²) in [4.78, 5) is 55.7. The van der Waals surface area contributed by atoms with E-state index in [1.165, 1.54) is 7.05 Å². The zero-order valence-electron chi connectivity index (χ0n) is 16.3. The van der Waals surface area contributed by atoms with Gasteiger partial charge in [-0.05, 0) is 0 Å². The Hall–Kier alpha value is -1.56. The Morgan fingerprint density at radius 1 is 1.12 bits per heavy atom. The largest absolute Gasteiger partial charge is 0.490 e. The lowest BCUT2D eigenvalue weighted by atomic mass is 10.1. The first kappa shape index (κ1) is 26.1. The van der Waals surface area contributed by atoms with E-state index in [1.54, 1.807) is 0 Å². The van der Waals surface area contributed by atoms with Crippen molar-refractivity contribution < 1.29 is 61.4 Å². The molecule has 186 valence electrons. The van der Waals surface area contributed by atoms with Crippen LogP contribution in [0.5, 0.6) is 0 Å². The van der Waals surface area contributed by atoms with Crippen LogP contribution in [0, 0.1) is 0 Å². The molecule has 33 heavy (non-hydrogen) atoms. The SMILES string of the molecule is Cn1c(N)nc2c(ncn2[C@@H]2O[C@H](COP(=O)(O)OP(=O)(O)OP(=O)(O)O)C(O)C2O)c1=O. The predicted molar refractivity (Wildman–Crippen MR) is 103 cm³/mol. The van der Waals surface area contributed by atoms with Crippen LogP contribution < -0.4 is 11.3 Å². The maximum absolute atomic E-state index is 12.2. The zero-order valence-corrected chi connectivity index (χ0v) is 18.9. The summed E-state index contributed by atoms with van der Waals surface area (Å²) in [5.41, 5.74) is 4.82. The fourth-order valence-electron chi connectivity index (χ4n) is 2.82. The number of aromatic nitrogens is 4. The van der Waals surface area contributed by atoms with Gasteiger partial charge >= 0.3 is 23.5 Å². The van der Waals surface area contributed by atoms with E-state index in [0.29, 0.717) is 0 Å². The molecule has 0 radical (unpaired) electrons. The van der Waals surface area contributed by atoms with Gasteiger partial charge in [-0.1, -0.05) is 0 Å². The lowest BCUT2D eigenvalue weighted by molar-refractivity contribution is -0.0503. The van der Waals surface area contributed by atoms with Crippen LogP contribution in [0.25, 0.3) is 11.2 Å². The third-order valence-electron chi connectivity index (χ3n) is 4.27. The van der Waals surface area contributed by atoms with Gasteiger partial charge in [0, 0.05) is 7.05 Å². The van der Waals surface area contributed by atoms with Crippen molar-refractivity contribution in [3.05, 3.63) is 16.7 Å². The number of hydrogen-bond acceptors (Lipinski definition) is 13. The van der Waals surface area contributed by atoms with Crippen LogP contribution in [0.4, 0.5) is 5.95 Å². The van der Waals surface area contributed by atoms with Crippen LogP contribution in [0.1, 0.15) is 6.23 Å². The minimum Gasteiger partial charge on any atom is -0.387 e. The standard InChI is InChI=1S/C11H18N5O14P3/c1-15-9(19)5-8(14-11(15)12)16(3-13-5)10-7(18)6(17)4(28-10)2-27-32(23,24)30-33(25,26)29-31(20,21)22/h3-4,6-7,10,17-18H,2H2,1H3,(H2,12,14)(H,23,24)(H,25,26)(H2,20,21,22)/t4-,6?,7?,10-/m1/s1. The molecule has 2 aromatic heterocycles. The van der Waals surface area contributed by atoms with Gasteiger partial charge in [-0.15, -0.1) is 0 Å². The van der Waals surface area contributed by atoms with Crippen molar-refractivity contribution in [2.24, 2.45) is 7.05 Å². The fourth-order valence-corrected chi connectivity index (χ4v) is 5.85. The van der Waals surface area contributed by atoms with Crippen molar-refractivity contribution in [3.63, 3.8) is 0 Å². The second kappa shape index (κ2) is 8.90. The molecular weight excluding hydrogens is 519 g/mol. The minimum atomic E-state index is -5.73. The van der Waals surface area contributed by atoms with Crippen molar-refractivity contribution in [2.45, 2.75) is 24.5 Å². The molecule has 1 saturated heterocycles. The van der Waals surface area contributed by atoms with E-state index in [4.69, 9.17) is 25.2 Å². The Labute approximate surface area is 182 Å². The summed E-state index contributed by atoms with van der Waals surface area (Å²) >= 11 is 0. The van der Waals surface area contributed by atoms with Crippen molar-refractivity contribution >= 4 is 40.6 Å². The summed E-state index contributed by atoms with van der Waals surface area (Å²) in [7, 11) is -15.4. The summed E-state index contributed by atoms with van der Waals surface area (Å²) < 4.78 is 52.8. The number of rotatable bonds is 8. The maximum Gasteiger partial charge on any atom is 0.490 e. The van der Waals surface area contributed by atoms with Gasteiger partial charge in [0.2, 0.25) is 5.95 Å². The highest BCUT2D eigenvalue weighted by atomic mass is 31.3. The summed E-state index contributed by atoms with van der Waals surface area (Å²) in [6.45, 7) is -1.01. The quantitative estimate of drug-likeness (QED) is 0.174. The Balaban J connectivity index is 1.75. The Morgan fingerprint density at radius 2 is 1.76 bits per heavy atom. The molecule has 0 amide bonds. The third kappa shape index (κ3) is 5.75. The van der Waals surface area contributed by atoms with Crippen molar-refractivity contribution in [1.29, 1.82) is 0 Å². The van der Waals surface area contributed by atoms with Crippen LogP contribution >= 0.6 is 23.5 Å². The van der Waals surface area contributed by atoms with Gasteiger partial charge in [-0.2, -0.15) is 13.6 Å². The van der Waals surface area contributed by atoms with E-state index in [2.05, 4.69) is 23.1 Å². The number of ether oxygens (including phenoxy) is 1. The van der Waals surface area contributed by atoms with E-state index >= 15 is 0 Å². The van der Waals surface area contributed by atoms with Gasteiger partial charge in [-0.25, -0.2) is 18.7 Å². The molecule has 0 aliphatic carbocycles. The molecular formula is C11H18N5O14P3. The lowest BCUT2D eigenvalue weighted by Gasteiger charge is -2.19. The Morgan fingerprint density at radius 3 is 2.36 bits per heavy atom. The number of anilines is 1. The van der Waals surface area contributed by atoms with Crippen LogP contribution in [0.3, 0.4) is 0 Å². The zero-order chi connectivity index (χ0) is 24.9. The molecule has 0 spiro atoms. The molecule has 4 unspecified atom stereocenters. The van der Waals surface area contributed by atoms with E-state index in [0.717, 1.165) is 15.5 Å². The summed E-state index contributed by atoms with van der Waals surface area (Å²) in [6, 6.07) is 0. The number of nitrogens with zero attached hydrogens (tertiary/aromatic N) is 4. The lowest BCUT2D eigenvalue weighted by Crippen LogP contribution is -2.33. The van der Waals surface area contributed by atoms with Crippen LogP contribution in [0.2, 0.25) is 0 Å². The van der Waals surface area contributed by atoms with Gasteiger partial charge < -0.3 is 40.3 Å². The van der Waals surface area contributed by atoms with Gasteiger partial charge in [0.25, 0.3) is 5.56 Å². The number of phosphoric ester groups is 1. The molecule has 22 heteroatoms. The van der Waals surface area contributed by atoms with Crippen LogP contribution in [-0.4, -0.2) is 73.8 Å². The average molecular weight is 537 g/mol. The fraction of sp³-hybridized carbons (Fsp3) is 0.545. The van der Waals surface area contributed by atoms with Gasteiger partial charge in [-0.3, -0.25) is 18.5 Å². The number of hydrogen-bond donors (Lipinski definition) is 7. The highest BCUT2D eigenvalue weighted by molar-refractivity contribution is 7.66. The van der Waals surface area contributed by atoms with Gasteiger partial charge in [0.1, 0.15) is 18.3 Å². The van der Waals surface area contributed by atoms with Gasteiger partial charge in [0.05, 0.1) is 12.9 Å². The number of imidazole rings is 1. The number of fused-ring (bicyclic) bond motifs is 1. The van der Waals surface area contributed by atoms with Crippen LogP contribution in [-0.2, 0) is 38.6 Å². The molecule has 3 heterocycles. The normalized spacial score (nSPS) is 27.5. The topological polar surface area (TPSA) is 288 Å². The molecule has 8 N–H and O–H groups in total. The van der Waals surface area contributed by atoms with E-state index in [9.17, 15) is 33.6 Å². The summed E-state index contributed by atoms with van der Waals surface area (Å²) in [6.07, 6.45) is -5.31. The van der Waals surface area contributed by atoms with E-state index in [1.807, 2.05) is 0 Å². The highest BCUT2D eigenvalue weighted by Crippen LogP contribution is 2.66. The molecule has 1 aliphatic heterocycles. The molecule has 1 fully saturated rings. The number of phosphoric acid groups is 3. The maximum atomic E-state index is 12.2. The van der Waals surface area contributed by atoms with Gasteiger partial charge in [0.15, 0.2) is 17.4 Å². The Bertz CT molecular complexity index is 1260. The summed E-state index contributed by atoms with van der Waals surface area (Å²) in [5.74, 6) is -0.188. The first-order valence-corrected chi connectivity index (χ1v) is 13.0. The second-order valence-corrected chi connectivity index (χ2v) is 11.0. The molecule has 0 bridgehead atoms. The smallest absolute Gasteiger partial charge is 0.387 e. The number of aliphatic hydroxyl groups excluding tert-OH is 2. The van der Waals surface area contributed by atoms with E-state index < -0.39 is 60.2 Å². The average Bonchev–Trinajstić information content (AvgIpc) is 3.17. The predicted octanol–water partition coefficient (Wildman–Crippen LogP) is -2.33. The van der Waals surface area contributed by atoms with Crippen LogP contribution in [0.15, 0.2) is 11.1 Å². The van der Waals surface area contributed by atoms with Crippen molar-refractivity contribution in [1.82, 2.24) is 19.1 Å². The Kier molecular flexibility index (Phi) is 7.03. The molecule has 19 nitrogen and oxygen atoms in total. The third-order valence-corrected chi connectivity index (χ3v) is 8.07. The van der Waals surface area contributed by atoms with Crippen molar-refractivity contribution in [3.8, 4) is 0 Å². The molecule has 6 atom stereocenters. The highest BCUT2D eigenvalue weighted by Gasteiger charge is 2.47. The van der Waals surface area contributed by atoms with E-state index in [-0.39, 0.29) is 17.1 Å². The molecule has 0 saturated carbocycles. The van der Waals surface area contributed by atoms with Crippen molar-refractivity contribution in [2.75, 3.05) is 12.3 Å².